The highest BCUT2D eigenvalue weighted by Crippen LogP contribution is 2.18. The molecule has 0 bridgehead atoms. The number of rotatable bonds is 3. The maximum absolute atomic E-state index is 9.19. The number of hydrogen-bond donors (Lipinski definition) is 1. The number of ether oxygens (including phenoxy) is 1. The Morgan fingerprint density at radius 3 is 2.62 bits per heavy atom. The van der Waals surface area contributed by atoms with Gasteiger partial charge in [0.2, 0.25) is 0 Å². The van der Waals surface area contributed by atoms with Gasteiger partial charge in [0.05, 0.1) is 6.10 Å². The third kappa shape index (κ3) is 3.25. The van der Waals surface area contributed by atoms with Gasteiger partial charge in [-0.15, -0.1) is 0 Å². The molecule has 0 saturated heterocycles. The molecule has 72 valence electrons. The zero-order valence-corrected chi connectivity index (χ0v) is 8.45. The largest absolute Gasteiger partial charge is 0.488 e. The summed E-state index contributed by atoms with van der Waals surface area (Å²) >= 11 is 5.77. The smallest absolute Gasteiger partial charge is 0.121 e. The third-order valence-electron chi connectivity index (χ3n) is 1.80. The lowest BCUT2D eigenvalue weighted by Gasteiger charge is -2.17. The van der Waals surface area contributed by atoms with Gasteiger partial charge in [0.25, 0.3) is 0 Å². The molecule has 2 nitrogen and oxygen atoms in total. The van der Waals surface area contributed by atoms with E-state index in [1.165, 1.54) is 0 Å². The van der Waals surface area contributed by atoms with E-state index >= 15 is 0 Å². The second-order valence-electron chi connectivity index (χ2n) is 3.02. The first-order valence-corrected chi connectivity index (χ1v) is 4.57. The van der Waals surface area contributed by atoms with Crippen molar-refractivity contribution in [3.8, 4) is 5.75 Å². The van der Waals surface area contributed by atoms with Crippen LogP contribution in [0.4, 0.5) is 0 Å². The molecule has 0 aromatic heterocycles. The molecule has 1 aromatic carbocycles. The van der Waals surface area contributed by atoms with Gasteiger partial charge in [-0.1, -0.05) is 17.7 Å². The summed E-state index contributed by atoms with van der Waals surface area (Å²) in [4.78, 5) is 0. The van der Waals surface area contributed by atoms with Crippen molar-refractivity contribution >= 4 is 11.6 Å². The topological polar surface area (TPSA) is 29.5 Å². The summed E-state index contributed by atoms with van der Waals surface area (Å²) in [5.74, 6) is 0.681. The second-order valence-corrected chi connectivity index (χ2v) is 3.46. The van der Waals surface area contributed by atoms with Gasteiger partial charge in [-0.3, -0.25) is 0 Å². The van der Waals surface area contributed by atoms with Gasteiger partial charge in [0, 0.05) is 5.02 Å². The second kappa shape index (κ2) is 4.49. The van der Waals surface area contributed by atoms with Crippen LogP contribution in [0.3, 0.4) is 0 Å². The lowest BCUT2D eigenvalue weighted by atomic mass is 10.2. The Kier molecular flexibility index (Phi) is 3.58. The van der Waals surface area contributed by atoms with Gasteiger partial charge in [0.15, 0.2) is 0 Å². The van der Waals surface area contributed by atoms with Crippen molar-refractivity contribution in [3.63, 3.8) is 0 Å². The number of aliphatic hydroxyl groups excluding tert-OH is 1. The summed E-state index contributed by atoms with van der Waals surface area (Å²) in [5.41, 5.74) is 0. The van der Waals surface area contributed by atoms with Crippen LogP contribution in [0.2, 0.25) is 5.02 Å². The van der Waals surface area contributed by atoms with Crippen molar-refractivity contribution in [2.75, 3.05) is 0 Å². The molecule has 1 rings (SSSR count). The fourth-order valence-corrected chi connectivity index (χ4v) is 1.03. The first kappa shape index (κ1) is 10.4. The molecule has 0 radical (unpaired) electrons. The molecule has 1 N–H and O–H groups in total. The van der Waals surface area contributed by atoms with Gasteiger partial charge in [-0.05, 0) is 32.0 Å². The highest BCUT2D eigenvalue weighted by molar-refractivity contribution is 6.30. The number of aliphatic hydroxyl groups is 1. The predicted molar refractivity (Wildman–Crippen MR) is 53.2 cm³/mol. The van der Waals surface area contributed by atoms with E-state index in [4.69, 9.17) is 16.3 Å². The Morgan fingerprint density at radius 1 is 1.38 bits per heavy atom. The maximum atomic E-state index is 9.19. The van der Waals surface area contributed by atoms with E-state index in [0.717, 1.165) is 0 Å². The first-order chi connectivity index (χ1) is 6.09. The normalized spacial score (nSPS) is 15.1. The summed E-state index contributed by atoms with van der Waals surface area (Å²) in [5, 5.41) is 9.83. The van der Waals surface area contributed by atoms with Crippen LogP contribution in [-0.2, 0) is 0 Å². The summed E-state index contributed by atoms with van der Waals surface area (Å²) in [6.07, 6.45) is -0.711. The average Bonchev–Trinajstić information content (AvgIpc) is 2.04. The summed E-state index contributed by atoms with van der Waals surface area (Å²) < 4.78 is 5.42. The van der Waals surface area contributed by atoms with E-state index in [0.29, 0.717) is 10.8 Å². The lowest BCUT2D eigenvalue weighted by molar-refractivity contribution is 0.0604. The molecule has 1 aromatic rings. The van der Waals surface area contributed by atoms with Crippen LogP contribution < -0.4 is 4.74 Å². The van der Waals surface area contributed by atoms with Gasteiger partial charge < -0.3 is 9.84 Å². The molecule has 0 aliphatic carbocycles. The molecule has 0 fully saturated rings. The first-order valence-electron chi connectivity index (χ1n) is 4.20. The number of halogens is 1. The minimum Gasteiger partial charge on any atom is -0.488 e. The van der Waals surface area contributed by atoms with Crippen molar-refractivity contribution in [3.05, 3.63) is 29.3 Å². The average molecular weight is 201 g/mol. The quantitative estimate of drug-likeness (QED) is 0.813. The van der Waals surface area contributed by atoms with Crippen molar-refractivity contribution in [2.45, 2.75) is 26.1 Å². The third-order valence-corrected chi connectivity index (χ3v) is 2.03. The van der Waals surface area contributed by atoms with Crippen LogP contribution in [0.15, 0.2) is 24.3 Å². The molecule has 3 heteroatoms. The van der Waals surface area contributed by atoms with Gasteiger partial charge in [-0.25, -0.2) is 0 Å². The van der Waals surface area contributed by atoms with Crippen molar-refractivity contribution in [2.24, 2.45) is 0 Å². The van der Waals surface area contributed by atoms with E-state index in [1.807, 2.05) is 19.1 Å². The van der Waals surface area contributed by atoms with E-state index in [1.54, 1.807) is 19.1 Å². The van der Waals surface area contributed by atoms with E-state index < -0.39 is 6.10 Å². The number of hydrogen-bond acceptors (Lipinski definition) is 2. The fraction of sp³-hybridized carbons (Fsp3) is 0.400. The highest BCUT2D eigenvalue weighted by atomic mass is 35.5. The van der Waals surface area contributed by atoms with Gasteiger partial charge in [0.1, 0.15) is 11.9 Å². The molecule has 0 aliphatic heterocycles. The van der Waals surface area contributed by atoms with Crippen LogP contribution >= 0.6 is 11.6 Å². The van der Waals surface area contributed by atoms with Crippen molar-refractivity contribution < 1.29 is 9.84 Å². The molecule has 0 aliphatic rings. The highest BCUT2D eigenvalue weighted by Gasteiger charge is 2.09. The Morgan fingerprint density at radius 2 is 2.08 bits per heavy atom. The van der Waals surface area contributed by atoms with Crippen LogP contribution in [0.25, 0.3) is 0 Å². The Labute approximate surface area is 83.1 Å². The molecule has 0 spiro atoms. The Balaban J connectivity index is 2.64. The molecule has 0 amide bonds. The minimum atomic E-state index is -0.487. The molecular formula is C10H13ClO2. The zero-order chi connectivity index (χ0) is 9.84. The molecule has 13 heavy (non-hydrogen) atoms. The molecule has 0 saturated carbocycles. The summed E-state index contributed by atoms with van der Waals surface area (Å²) in [6, 6.07) is 7.12. The Hall–Kier alpha value is -0.730. The van der Waals surface area contributed by atoms with Crippen LogP contribution in [-0.4, -0.2) is 17.3 Å². The SMILES string of the molecule is CC(O)C(C)Oc1cccc(Cl)c1. The minimum absolute atomic E-state index is 0.224. The molecular weight excluding hydrogens is 188 g/mol. The molecule has 2 atom stereocenters. The van der Waals surface area contributed by atoms with Crippen LogP contribution in [0.1, 0.15) is 13.8 Å². The fourth-order valence-electron chi connectivity index (χ4n) is 0.853. The Bertz CT molecular complexity index is 273. The van der Waals surface area contributed by atoms with Gasteiger partial charge >= 0.3 is 0 Å². The monoisotopic (exact) mass is 200 g/mol. The van der Waals surface area contributed by atoms with E-state index in [2.05, 4.69) is 0 Å². The van der Waals surface area contributed by atoms with E-state index in [9.17, 15) is 5.11 Å². The van der Waals surface area contributed by atoms with Crippen molar-refractivity contribution in [1.29, 1.82) is 0 Å². The summed E-state index contributed by atoms with van der Waals surface area (Å²) in [6.45, 7) is 3.50. The number of benzene rings is 1. The summed E-state index contributed by atoms with van der Waals surface area (Å²) in [7, 11) is 0. The van der Waals surface area contributed by atoms with Crippen molar-refractivity contribution in [1.82, 2.24) is 0 Å². The zero-order valence-electron chi connectivity index (χ0n) is 7.70. The van der Waals surface area contributed by atoms with Gasteiger partial charge in [-0.2, -0.15) is 0 Å². The predicted octanol–water partition coefficient (Wildman–Crippen LogP) is 2.49. The van der Waals surface area contributed by atoms with E-state index in [-0.39, 0.29) is 6.10 Å². The molecule has 0 heterocycles. The standard InChI is InChI=1S/C10H13ClO2/c1-7(12)8(2)13-10-5-3-4-9(11)6-10/h3-8,12H,1-2H3. The van der Waals surface area contributed by atoms with Crippen LogP contribution in [0, 0.1) is 0 Å². The van der Waals surface area contributed by atoms with Crippen LogP contribution in [0.5, 0.6) is 5.75 Å². The molecule has 2 unspecified atom stereocenters. The maximum Gasteiger partial charge on any atom is 0.121 e. The lowest BCUT2D eigenvalue weighted by Crippen LogP contribution is -2.25.